The van der Waals surface area contributed by atoms with Crippen molar-refractivity contribution in [2.45, 2.75) is 51.0 Å². The molecule has 4 rings (SSSR count). The highest BCUT2D eigenvalue weighted by atomic mass is 16.3. The molecule has 1 atom stereocenters. The summed E-state index contributed by atoms with van der Waals surface area (Å²) in [5, 5.41) is 12.5. The molecule has 2 heterocycles. The molecule has 0 aromatic carbocycles. The molecule has 1 aromatic heterocycles. The van der Waals surface area contributed by atoms with Gasteiger partial charge in [0.25, 0.3) is 0 Å². The van der Waals surface area contributed by atoms with Crippen LogP contribution >= 0.6 is 0 Å². The maximum atomic E-state index is 12.1. The van der Waals surface area contributed by atoms with Crippen LogP contribution in [0.25, 0.3) is 0 Å². The Labute approximate surface area is 142 Å². The maximum absolute atomic E-state index is 12.1. The van der Waals surface area contributed by atoms with E-state index in [1.807, 2.05) is 6.20 Å². The lowest BCUT2D eigenvalue weighted by Crippen LogP contribution is -2.37. The van der Waals surface area contributed by atoms with Gasteiger partial charge in [-0.2, -0.15) is 0 Å². The van der Waals surface area contributed by atoms with Crippen LogP contribution in [0.15, 0.2) is 6.20 Å². The molecule has 0 bridgehead atoms. The Morgan fingerprint density at radius 1 is 1.25 bits per heavy atom. The number of aryl methyl sites for hydroxylation is 1. The minimum absolute atomic E-state index is 0.0797. The Hall–Kier alpha value is -1.69. The van der Waals surface area contributed by atoms with E-state index in [0.717, 1.165) is 75.2 Å². The molecule has 1 aromatic rings. The zero-order valence-corrected chi connectivity index (χ0v) is 14.1. The molecule has 3 aliphatic rings. The van der Waals surface area contributed by atoms with Crippen LogP contribution in [-0.4, -0.2) is 40.7 Å². The molecular weight excluding hydrogens is 304 g/mol. The molecule has 0 spiro atoms. The van der Waals surface area contributed by atoms with Crippen LogP contribution in [0.4, 0.5) is 5.95 Å². The first-order valence-corrected chi connectivity index (χ1v) is 9.26. The number of nitrogens with zero attached hydrogens (tertiary/aromatic N) is 3. The summed E-state index contributed by atoms with van der Waals surface area (Å²) < 4.78 is 0. The van der Waals surface area contributed by atoms with E-state index in [2.05, 4.69) is 15.2 Å². The van der Waals surface area contributed by atoms with Crippen LogP contribution in [-0.2, 0) is 11.2 Å². The number of aromatic nitrogens is 2. The molecule has 0 radical (unpaired) electrons. The van der Waals surface area contributed by atoms with Gasteiger partial charge in [-0.25, -0.2) is 9.97 Å². The minimum Gasteiger partial charge on any atom is -0.396 e. The normalized spacial score (nSPS) is 24.5. The molecular formula is C18H26N4O2. The SMILES string of the molecule is O=C(N[C@H]1CCCc2nc(N3CCC(CO)CC3)ncc21)C1CC1. The van der Waals surface area contributed by atoms with Gasteiger partial charge in [-0.05, 0) is 50.9 Å². The first kappa shape index (κ1) is 15.8. The second-order valence-corrected chi connectivity index (χ2v) is 7.41. The van der Waals surface area contributed by atoms with Crippen molar-refractivity contribution in [2.24, 2.45) is 11.8 Å². The van der Waals surface area contributed by atoms with Crippen molar-refractivity contribution in [3.63, 3.8) is 0 Å². The fraction of sp³-hybridized carbons (Fsp3) is 0.722. The highest BCUT2D eigenvalue weighted by Gasteiger charge is 2.33. The zero-order chi connectivity index (χ0) is 16.5. The van der Waals surface area contributed by atoms with Crippen molar-refractivity contribution >= 4 is 11.9 Å². The molecule has 1 saturated carbocycles. The van der Waals surface area contributed by atoms with Crippen molar-refractivity contribution in [1.29, 1.82) is 0 Å². The highest BCUT2D eigenvalue weighted by Crippen LogP contribution is 2.33. The fourth-order valence-electron chi connectivity index (χ4n) is 3.79. The second-order valence-electron chi connectivity index (χ2n) is 7.41. The van der Waals surface area contributed by atoms with E-state index < -0.39 is 0 Å². The lowest BCUT2D eigenvalue weighted by Gasteiger charge is -2.32. The third-order valence-electron chi connectivity index (χ3n) is 5.59. The van der Waals surface area contributed by atoms with Crippen molar-refractivity contribution in [1.82, 2.24) is 15.3 Å². The van der Waals surface area contributed by atoms with Crippen molar-refractivity contribution in [2.75, 3.05) is 24.6 Å². The smallest absolute Gasteiger partial charge is 0.225 e. The van der Waals surface area contributed by atoms with Gasteiger partial charge in [0.2, 0.25) is 11.9 Å². The standard InChI is InChI=1S/C18H26N4O2/c23-11-12-6-8-22(9-7-12)18-19-10-14-15(2-1-3-16(14)21-18)20-17(24)13-4-5-13/h10,12-13,15,23H,1-9,11H2,(H,20,24)/t15-/m0/s1. The summed E-state index contributed by atoms with van der Waals surface area (Å²) in [4.78, 5) is 23.7. The van der Waals surface area contributed by atoms with E-state index in [0.29, 0.717) is 5.92 Å². The summed E-state index contributed by atoms with van der Waals surface area (Å²) in [6.07, 6.45) is 8.99. The minimum atomic E-state index is 0.0797. The summed E-state index contributed by atoms with van der Waals surface area (Å²) >= 11 is 0. The Bertz CT molecular complexity index is 609. The average Bonchev–Trinajstić information content (AvgIpc) is 3.47. The number of piperidine rings is 1. The van der Waals surface area contributed by atoms with Gasteiger partial charge in [0.05, 0.1) is 11.7 Å². The topological polar surface area (TPSA) is 78.4 Å². The molecule has 1 saturated heterocycles. The third-order valence-corrected chi connectivity index (χ3v) is 5.59. The lowest BCUT2D eigenvalue weighted by atomic mass is 9.92. The molecule has 2 fully saturated rings. The van der Waals surface area contributed by atoms with E-state index in [4.69, 9.17) is 4.98 Å². The number of nitrogens with one attached hydrogen (secondary N) is 1. The number of amides is 1. The van der Waals surface area contributed by atoms with E-state index in [9.17, 15) is 9.90 Å². The Morgan fingerprint density at radius 3 is 2.75 bits per heavy atom. The van der Waals surface area contributed by atoms with Gasteiger partial charge < -0.3 is 15.3 Å². The second kappa shape index (κ2) is 6.67. The van der Waals surface area contributed by atoms with Crippen molar-refractivity contribution in [3.05, 3.63) is 17.5 Å². The first-order valence-electron chi connectivity index (χ1n) is 9.26. The summed E-state index contributed by atoms with van der Waals surface area (Å²) in [7, 11) is 0. The number of fused-ring (bicyclic) bond motifs is 1. The maximum Gasteiger partial charge on any atom is 0.225 e. The Balaban J connectivity index is 1.47. The highest BCUT2D eigenvalue weighted by molar-refractivity contribution is 5.81. The molecule has 2 aliphatic carbocycles. The molecule has 6 heteroatoms. The number of rotatable bonds is 4. The predicted octanol–water partition coefficient (Wildman–Crippen LogP) is 1.59. The molecule has 1 amide bonds. The van der Waals surface area contributed by atoms with E-state index >= 15 is 0 Å². The van der Waals surface area contributed by atoms with Crippen LogP contribution in [0, 0.1) is 11.8 Å². The molecule has 1 aliphatic heterocycles. The summed E-state index contributed by atoms with van der Waals surface area (Å²) in [5.74, 6) is 1.66. The summed E-state index contributed by atoms with van der Waals surface area (Å²) in [6.45, 7) is 2.10. The molecule has 0 unspecified atom stereocenters. The molecule has 6 nitrogen and oxygen atoms in total. The van der Waals surface area contributed by atoms with Crippen LogP contribution in [0.5, 0.6) is 0 Å². The molecule has 2 N–H and O–H groups in total. The third kappa shape index (κ3) is 3.24. The summed E-state index contributed by atoms with van der Waals surface area (Å²) in [5.41, 5.74) is 2.20. The van der Waals surface area contributed by atoms with Gasteiger partial charge in [-0.3, -0.25) is 4.79 Å². The predicted molar refractivity (Wildman–Crippen MR) is 90.6 cm³/mol. The lowest BCUT2D eigenvalue weighted by molar-refractivity contribution is -0.123. The number of aliphatic hydroxyl groups excluding tert-OH is 1. The molecule has 130 valence electrons. The van der Waals surface area contributed by atoms with Gasteiger partial charge in [-0.1, -0.05) is 0 Å². The zero-order valence-electron chi connectivity index (χ0n) is 14.1. The quantitative estimate of drug-likeness (QED) is 0.876. The number of aliphatic hydroxyl groups is 1. The van der Waals surface area contributed by atoms with E-state index in [1.165, 1.54) is 0 Å². The van der Waals surface area contributed by atoms with Gasteiger partial charge in [0, 0.05) is 37.4 Å². The van der Waals surface area contributed by atoms with Crippen LogP contribution in [0.1, 0.15) is 55.8 Å². The fourth-order valence-corrected chi connectivity index (χ4v) is 3.79. The number of hydrogen-bond donors (Lipinski definition) is 2. The number of carbonyl (C=O) groups excluding carboxylic acids is 1. The van der Waals surface area contributed by atoms with Crippen molar-refractivity contribution in [3.8, 4) is 0 Å². The van der Waals surface area contributed by atoms with Crippen LogP contribution in [0.3, 0.4) is 0 Å². The van der Waals surface area contributed by atoms with Gasteiger partial charge in [0.15, 0.2) is 0 Å². The van der Waals surface area contributed by atoms with Crippen LogP contribution < -0.4 is 10.2 Å². The first-order chi connectivity index (χ1) is 11.7. The summed E-state index contributed by atoms with van der Waals surface area (Å²) in [6, 6.07) is 0.0797. The van der Waals surface area contributed by atoms with Crippen molar-refractivity contribution < 1.29 is 9.90 Å². The largest absolute Gasteiger partial charge is 0.396 e. The number of anilines is 1. The Kier molecular flexibility index (Phi) is 4.39. The van der Waals surface area contributed by atoms with Gasteiger partial charge in [-0.15, -0.1) is 0 Å². The monoisotopic (exact) mass is 330 g/mol. The van der Waals surface area contributed by atoms with E-state index in [-0.39, 0.29) is 24.5 Å². The molecule has 24 heavy (non-hydrogen) atoms. The van der Waals surface area contributed by atoms with Gasteiger partial charge in [0.1, 0.15) is 0 Å². The number of carbonyl (C=O) groups is 1. The van der Waals surface area contributed by atoms with Crippen LogP contribution in [0.2, 0.25) is 0 Å². The van der Waals surface area contributed by atoms with Gasteiger partial charge >= 0.3 is 0 Å². The van der Waals surface area contributed by atoms with E-state index in [1.54, 1.807) is 0 Å². The number of hydrogen-bond acceptors (Lipinski definition) is 5. The average molecular weight is 330 g/mol. The Morgan fingerprint density at radius 2 is 2.04 bits per heavy atom.